The normalized spacial score (nSPS) is 13.8. The van der Waals surface area contributed by atoms with Gasteiger partial charge in [0.05, 0.1) is 5.60 Å². The third-order valence-electron chi connectivity index (χ3n) is 0.526. The lowest BCUT2D eigenvalue weighted by Crippen LogP contribution is -2.27. The Morgan fingerprint density at radius 2 is 1.89 bits per heavy atom. The van der Waals surface area contributed by atoms with Crippen molar-refractivity contribution in [3.8, 4) is 0 Å². The van der Waals surface area contributed by atoms with Crippen molar-refractivity contribution in [1.82, 2.24) is 0 Å². The molecule has 0 radical (unpaired) electrons. The van der Waals surface area contributed by atoms with E-state index in [1.807, 2.05) is 0 Å². The second-order valence-corrected chi connectivity index (χ2v) is 3.86. The second kappa shape index (κ2) is 2.22. The van der Waals surface area contributed by atoms with Crippen LogP contribution in [0.15, 0.2) is 0 Å². The first-order valence-corrected chi connectivity index (χ1v) is 3.91. The molecule has 0 saturated carbocycles. The maximum Gasteiger partial charge on any atom is 0.305 e. The highest BCUT2D eigenvalue weighted by molar-refractivity contribution is 7.86. The molecule has 0 fully saturated rings. The quantitative estimate of drug-likeness (QED) is 0.575. The van der Waals surface area contributed by atoms with Crippen molar-refractivity contribution >= 4 is 10.2 Å². The molecule has 0 aliphatic heterocycles. The fourth-order valence-corrected chi connectivity index (χ4v) is 1.27. The van der Waals surface area contributed by atoms with Crippen LogP contribution in [0.2, 0.25) is 0 Å². The zero-order valence-corrected chi connectivity index (χ0v) is 6.07. The summed E-state index contributed by atoms with van der Waals surface area (Å²) in [5.74, 6) is -0.847. The van der Waals surface area contributed by atoms with Gasteiger partial charge in [-0.1, -0.05) is 0 Å². The number of aliphatic hydroxyl groups is 1. The van der Waals surface area contributed by atoms with Gasteiger partial charge in [0, 0.05) is 0 Å². The third-order valence-corrected chi connectivity index (χ3v) is 1.58. The van der Waals surface area contributed by atoms with Crippen LogP contribution < -0.4 is 0 Å². The molecule has 0 rings (SSSR count). The minimum Gasteiger partial charge on any atom is -0.389 e. The predicted octanol–water partition coefficient (Wildman–Crippen LogP) is 0.0566. The van der Waals surface area contributed by atoms with Crippen LogP contribution in [0, 0.1) is 0 Å². The number of hydrogen-bond acceptors (Lipinski definition) is 3. The van der Waals surface area contributed by atoms with Crippen molar-refractivity contribution in [2.75, 3.05) is 5.75 Å². The summed E-state index contributed by atoms with van der Waals surface area (Å²) < 4.78 is 31.3. The average molecular weight is 156 g/mol. The van der Waals surface area contributed by atoms with Crippen LogP contribution >= 0.6 is 0 Å². The number of rotatable bonds is 2. The Hall–Kier alpha value is -0.160. The van der Waals surface area contributed by atoms with Crippen molar-refractivity contribution in [3.05, 3.63) is 0 Å². The van der Waals surface area contributed by atoms with Crippen molar-refractivity contribution in [2.45, 2.75) is 19.4 Å². The van der Waals surface area contributed by atoms with Gasteiger partial charge in [0.2, 0.25) is 0 Å². The lowest BCUT2D eigenvalue weighted by molar-refractivity contribution is 0.104. The molecule has 0 bridgehead atoms. The Bertz CT molecular complexity index is 176. The summed E-state index contributed by atoms with van der Waals surface area (Å²) in [5, 5.41) is 8.73. The minimum absolute atomic E-state index is 0.847. The zero-order chi connectivity index (χ0) is 7.71. The van der Waals surface area contributed by atoms with Crippen molar-refractivity contribution < 1.29 is 17.4 Å². The van der Waals surface area contributed by atoms with Crippen molar-refractivity contribution in [2.24, 2.45) is 0 Å². The highest BCUT2D eigenvalue weighted by atomic mass is 32.3. The van der Waals surface area contributed by atoms with Gasteiger partial charge >= 0.3 is 10.2 Å². The summed E-state index contributed by atoms with van der Waals surface area (Å²) in [7, 11) is -4.53. The van der Waals surface area contributed by atoms with Crippen LogP contribution in [0.25, 0.3) is 0 Å². The van der Waals surface area contributed by atoms with E-state index in [-0.39, 0.29) is 0 Å². The van der Waals surface area contributed by atoms with E-state index in [0.717, 1.165) is 0 Å². The summed E-state index contributed by atoms with van der Waals surface area (Å²) in [4.78, 5) is 0. The van der Waals surface area contributed by atoms with Crippen LogP contribution in [0.3, 0.4) is 0 Å². The van der Waals surface area contributed by atoms with Crippen LogP contribution in [0.1, 0.15) is 13.8 Å². The second-order valence-electron chi connectivity index (χ2n) is 2.50. The summed E-state index contributed by atoms with van der Waals surface area (Å²) in [6, 6.07) is 0. The van der Waals surface area contributed by atoms with Crippen molar-refractivity contribution in [1.29, 1.82) is 0 Å². The molecular formula is C4H9FO3S. The van der Waals surface area contributed by atoms with E-state index < -0.39 is 21.6 Å². The highest BCUT2D eigenvalue weighted by Crippen LogP contribution is 2.06. The van der Waals surface area contributed by atoms with Gasteiger partial charge in [0.25, 0.3) is 0 Å². The van der Waals surface area contributed by atoms with Gasteiger partial charge < -0.3 is 5.11 Å². The summed E-state index contributed by atoms with van der Waals surface area (Å²) in [6.45, 7) is 2.45. The average Bonchev–Trinajstić information content (AvgIpc) is 1.14. The largest absolute Gasteiger partial charge is 0.389 e. The molecule has 56 valence electrons. The molecule has 1 N–H and O–H groups in total. The van der Waals surface area contributed by atoms with E-state index in [4.69, 9.17) is 5.11 Å². The van der Waals surface area contributed by atoms with E-state index in [9.17, 15) is 12.3 Å². The molecule has 9 heavy (non-hydrogen) atoms. The molecule has 3 nitrogen and oxygen atoms in total. The molecule has 0 aliphatic rings. The molecule has 0 heterocycles. The summed E-state index contributed by atoms with van der Waals surface area (Å²) in [5.41, 5.74) is -1.48. The Kier molecular flexibility index (Phi) is 2.19. The van der Waals surface area contributed by atoms with E-state index in [2.05, 4.69) is 0 Å². The predicted molar refractivity (Wildman–Crippen MR) is 31.2 cm³/mol. The highest BCUT2D eigenvalue weighted by Gasteiger charge is 2.22. The molecule has 5 heteroatoms. The van der Waals surface area contributed by atoms with Gasteiger partial charge in [0.15, 0.2) is 0 Å². The fraction of sp³-hybridized carbons (Fsp3) is 1.00. The SMILES string of the molecule is CC(C)(O)CS(=O)(=O)F. The van der Waals surface area contributed by atoms with Gasteiger partial charge in [-0.2, -0.15) is 8.42 Å². The van der Waals surface area contributed by atoms with Crippen LogP contribution in [-0.4, -0.2) is 24.9 Å². The molecule has 0 spiro atoms. The van der Waals surface area contributed by atoms with Crippen LogP contribution in [0.5, 0.6) is 0 Å². The van der Waals surface area contributed by atoms with E-state index in [1.54, 1.807) is 0 Å². The monoisotopic (exact) mass is 156 g/mol. The van der Waals surface area contributed by atoms with Gasteiger partial charge in [-0.05, 0) is 13.8 Å². The van der Waals surface area contributed by atoms with Crippen LogP contribution in [0.4, 0.5) is 3.89 Å². The topological polar surface area (TPSA) is 54.4 Å². The number of halogens is 1. The Morgan fingerprint density at radius 1 is 1.56 bits per heavy atom. The maximum absolute atomic E-state index is 11.7. The van der Waals surface area contributed by atoms with Crippen LogP contribution in [-0.2, 0) is 10.2 Å². The molecular weight excluding hydrogens is 147 g/mol. The summed E-state index contributed by atoms with van der Waals surface area (Å²) >= 11 is 0. The molecule has 0 aromatic rings. The summed E-state index contributed by atoms with van der Waals surface area (Å²) in [6.07, 6.45) is 0. The maximum atomic E-state index is 11.7. The van der Waals surface area contributed by atoms with Gasteiger partial charge in [-0.3, -0.25) is 0 Å². The molecule has 0 atom stereocenters. The molecule has 0 aliphatic carbocycles. The molecule has 0 saturated heterocycles. The van der Waals surface area contributed by atoms with E-state index in [1.165, 1.54) is 13.8 Å². The standard InChI is InChI=1S/C4H9FO3S/c1-4(2,6)3-9(5,7)8/h6H,3H2,1-2H3. The number of hydrogen-bond donors (Lipinski definition) is 1. The molecule has 0 unspecified atom stereocenters. The van der Waals surface area contributed by atoms with Gasteiger partial charge in [0.1, 0.15) is 5.75 Å². The van der Waals surface area contributed by atoms with E-state index in [0.29, 0.717) is 0 Å². The Labute approximate surface area is 53.7 Å². The minimum atomic E-state index is -4.53. The van der Waals surface area contributed by atoms with Gasteiger partial charge in [-0.25, -0.2) is 0 Å². The lowest BCUT2D eigenvalue weighted by atomic mass is 10.2. The first-order chi connectivity index (χ1) is 3.71. The molecule has 0 aromatic carbocycles. The first kappa shape index (κ1) is 8.84. The third kappa shape index (κ3) is 7.84. The van der Waals surface area contributed by atoms with E-state index >= 15 is 0 Å². The smallest absolute Gasteiger partial charge is 0.305 e. The fourth-order valence-electron chi connectivity index (χ4n) is 0.422. The zero-order valence-electron chi connectivity index (χ0n) is 5.26. The molecule has 0 aromatic heterocycles. The first-order valence-electron chi connectivity index (χ1n) is 2.35. The van der Waals surface area contributed by atoms with Gasteiger partial charge in [-0.15, -0.1) is 3.89 Å². The van der Waals surface area contributed by atoms with Crippen molar-refractivity contribution in [3.63, 3.8) is 0 Å². The Morgan fingerprint density at radius 3 is 1.89 bits per heavy atom. The molecule has 0 amide bonds. The Balaban J connectivity index is 4.07. The lowest BCUT2D eigenvalue weighted by Gasteiger charge is -2.12.